The molecule has 2 aliphatic rings. The van der Waals surface area contributed by atoms with Crippen molar-refractivity contribution in [3.63, 3.8) is 0 Å². The van der Waals surface area contributed by atoms with E-state index >= 15 is 0 Å². The van der Waals surface area contributed by atoms with Gasteiger partial charge in [0.2, 0.25) is 5.91 Å². The van der Waals surface area contributed by atoms with Crippen molar-refractivity contribution in [1.82, 2.24) is 4.90 Å². The number of aliphatic carboxylic acids is 1. The number of nitrogens with zero attached hydrogens (tertiary/aromatic N) is 3. The number of unbranched alkanes of at least 4 members (excludes halogenated alkanes) is 1. The SMILES string of the molecule is O=C(O)CCCCC(=O)Nc1cccc([C@H]2O[C@@H](CN3CCN(c4ccc([N+](=O)[O-])cc4)CC3)C[C@@H](c3ccc(CO)cc3)O2)c1. The number of carbonyl (C=O) groups excluding carboxylic acids is 1. The van der Waals surface area contributed by atoms with Gasteiger partial charge in [-0.25, -0.2) is 0 Å². The van der Waals surface area contributed by atoms with Crippen LogP contribution < -0.4 is 10.2 Å². The third-order valence-electron chi connectivity index (χ3n) is 8.36. The average Bonchev–Trinajstić information content (AvgIpc) is 3.07. The van der Waals surface area contributed by atoms with E-state index in [-0.39, 0.29) is 43.3 Å². The number of benzene rings is 3. The summed E-state index contributed by atoms with van der Waals surface area (Å²) in [7, 11) is 0. The third kappa shape index (κ3) is 9.10. The number of non-ortho nitro benzene ring substituents is 1. The molecular weight excluding hydrogens is 592 g/mol. The molecule has 3 N–H and O–H groups in total. The Morgan fingerprint density at radius 2 is 1.63 bits per heavy atom. The van der Waals surface area contributed by atoms with Crippen LogP contribution in [0.15, 0.2) is 72.8 Å². The average molecular weight is 633 g/mol. The van der Waals surface area contributed by atoms with Gasteiger partial charge in [0, 0.05) is 81.1 Å². The van der Waals surface area contributed by atoms with Crippen LogP contribution in [0.4, 0.5) is 17.1 Å². The monoisotopic (exact) mass is 632 g/mol. The van der Waals surface area contributed by atoms with E-state index < -0.39 is 17.2 Å². The normalized spacial score (nSPS) is 20.3. The van der Waals surface area contributed by atoms with Crippen LogP contribution in [0.25, 0.3) is 0 Å². The summed E-state index contributed by atoms with van der Waals surface area (Å²) in [5.41, 5.74) is 4.24. The number of anilines is 2. The molecule has 46 heavy (non-hydrogen) atoms. The zero-order valence-electron chi connectivity index (χ0n) is 25.6. The maximum absolute atomic E-state index is 12.5. The van der Waals surface area contributed by atoms with E-state index in [2.05, 4.69) is 15.1 Å². The van der Waals surface area contributed by atoms with E-state index in [4.69, 9.17) is 14.6 Å². The topological polar surface area (TPSA) is 155 Å². The number of aliphatic hydroxyl groups is 1. The van der Waals surface area contributed by atoms with Gasteiger partial charge in [-0.2, -0.15) is 0 Å². The van der Waals surface area contributed by atoms with Crippen LogP contribution in [0.2, 0.25) is 0 Å². The maximum Gasteiger partial charge on any atom is 0.303 e. The molecule has 2 aliphatic heterocycles. The molecule has 5 rings (SSSR count). The van der Waals surface area contributed by atoms with Gasteiger partial charge in [0.05, 0.1) is 23.7 Å². The summed E-state index contributed by atoms with van der Waals surface area (Å²) < 4.78 is 13.0. The fourth-order valence-corrected chi connectivity index (χ4v) is 5.84. The summed E-state index contributed by atoms with van der Waals surface area (Å²) in [4.78, 5) is 38.4. The van der Waals surface area contributed by atoms with E-state index in [1.165, 1.54) is 12.1 Å². The lowest BCUT2D eigenvalue weighted by Crippen LogP contribution is -2.49. The van der Waals surface area contributed by atoms with Crippen LogP contribution in [-0.4, -0.2) is 70.7 Å². The standard InChI is InChI=1S/C34H40N4O8/c39-23-24-8-10-25(11-9-24)31-21-30(22-36-16-18-37(19-17-36)28-12-14-29(15-13-28)38(43)44)45-34(46-31)26-4-3-5-27(20-26)35-32(40)6-1-2-7-33(41)42/h3-5,8-15,20,30-31,34,39H,1-2,6-7,16-19,21-23H2,(H,35,40)(H,41,42)/t30-,31+,34+/m1/s1. The summed E-state index contributed by atoms with van der Waals surface area (Å²) in [6, 6.07) is 21.8. The summed E-state index contributed by atoms with van der Waals surface area (Å²) in [6.07, 6.45) is 0.803. The van der Waals surface area contributed by atoms with E-state index in [1.54, 1.807) is 18.2 Å². The molecule has 0 bridgehead atoms. The Bertz CT molecular complexity index is 1480. The highest BCUT2D eigenvalue weighted by atomic mass is 16.7. The van der Waals surface area contributed by atoms with Crippen molar-refractivity contribution in [2.75, 3.05) is 42.9 Å². The number of nitrogens with one attached hydrogen (secondary N) is 1. The summed E-state index contributed by atoms with van der Waals surface area (Å²) in [5.74, 6) is -1.05. The first kappa shape index (κ1) is 33.0. The van der Waals surface area contributed by atoms with Crippen LogP contribution in [0, 0.1) is 10.1 Å². The van der Waals surface area contributed by atoms with E-state index in [9.17, 15) is 24.8 Å². The van der Waals surface area contributed by atoms with Crippen molar-refractivity contribution in [3.05, 3.63) is 99.6 Å². The van der Waals surface area contributed by atoms with Crippen molar-refractivity contribution in [2.45, 2.75) is 57.2 Å². The fraction of sp³-hybridized carbons (Fsp3) is 0.412. The van der Waals surface area contributed by atoms with Gasteiger partial charge in [0.15, 0.2) is 6.29 Å². The summed E-state index contributed by atoms with van der Waals surface area (Å²) in [5, 5.41) is 32.2. The lowest BCUT2D eigenvalue weighted by molar-refractivity contribution is -0.384. The lowest BCUT2D eigenvalue weighted by Gasteiger charge is -2.41. The molecule has 0 radical (unpaired) electrons. The minimum Gasteiger partial charge on any atom is -0.481 e. The number of nitro groups is 1. The molecule has 0 unspecified atom stereocenters. The second kappa shape index (κ2) is 15.8. The molecular formula is C34H40N4O8. The van der Waals surface area contributed by atoms with Crippen LogP contribution >= 0.6 is 0 Å². The molecule has 2 saturated heterocycles. The van der Waals surface area contributed by atoms with Crippen LogP contribution in [0.5, 0.6) is 0 Å². The zero-order valence-corrected chi connectivity index (χ0v) is 25.6. The quantitative estimate of drug-likeness (QED) is 0.133. The fourth-order valence-electron chi connectivity index (χ4n) is 5.84. The molecule has 3 aromatic rings. The van der Waals surface area contributed by atoms with Gasteiger partial charge in [-0.05, 0) is 48.2 Å². The Morgan fingerprint density at radius 3 is 2.30 bits per heavy atom. The molecule has 1 amide bonds. The summed E-state index contributed by atoms with van der Waals surface area (Å²) in [6.45, 7) is 3.86. The second-order valence-corrected chi connectivity index (χ2v) is 11.7. The van der Waals surface area contributed by atoms with Gasteiger partial charge in [-0.15, -0.1) is 0 Å². The highest BCUT2D eigenvalue weighted by Gasteiger charge is 2.34. The van der Waals surface area contributed by atoms with Crippen LogP contribution in [0.1, 0.15) is 61.2 Å². The van der Waals surface area contributed by atoms with Gasteiger partial charge >= 0.3 is 5.97 Å². The predicted molar refractivity (Wildman–Crippen MR) is 171 cm³/mol. The van der Waals surface area contributed by atoms with Gasteiger partial charge in [-0.3, -0.25) is 24.6 Å². The number of aliphatic hydroxyl groups excluding tert-OH is 1. The second-order valence-electron chi connectivity index (χ2n) is 11.7. The number of hydrogen-bond acceptors (Lipinski definition) is 9. The van der Waals surface area contributed by atoms with Crippen LogP contribution in [-0.2, 0) is 25.7 Å². The first-order chi connectivity index (χ1) is 22.3. The number of rotatable bonds is 13. The van der Waals surface area contributed by atoms with E-state index in [1.807, 2.05) is 42.5 Å². The number of carbonyl (C=O) groups is 2. The number of nitro benzene ring substituents is 1. The number of carboxylic acid groups (broad SMARTS) is 1. The smallest absolute Gasteiger partial charge is 0.303 e. The summed E-state index contributed by atoms with van der Waals surface area (Å²) >= 11 is 0. The predicted octanol–water partition coefficient (Wildman–Crippen LogP) is 5.04. The number of ether oxygens (including phenoxy) is 2. The number of hydrogen-bond donors (Lipinski definition) is 3. The van der Waals surface area contributed by atoms with Gasteiger partial charge in [0.1, 0.15) is 0 Å². The maximum atomic E-state index is 12.5. The minimum absolute atomic E-state index is 0.0376. The minimum atomic E-state index is -0.869. The van der Waals surface area contributed by atoms with Crippen molar-refractivity contribution in [3.8, 4) is 0 Å². The molecule has 2 heterocycles. The molecule has 0 spiro atoms. The van der Waals surface area contributed by atoms with Crippen molar-refractivity contribution < 1.29 is 34.2 Å². The third-order valence-corrected chi connectivity index (χ3v) is 8.36. The Morgan fingerprint density at radius 1 is 0.913 bits per heavy atom. The first-order valence-electron chi connectivity index (χ1n) is 15.6. The van der Waals surface area contributed by atoms with E-state index in [0.29, 0.717) is 31.5 Å². The number of amides is 1. The highest BCUT2D eigenvalue weighted by molar-refractivity contribution is 5.90. The number of piperazine rings is 1. The molecule has 244 valence electrons. The van der Waals surface area contributed by atoms with Crippen molar-refractivity contribution in [1.29, 1.82) is 0 Å². The molecule has 12 nitrogen and oxygen atoms in total. The molecule has 0 saturated carbocycles. The van der Waals surface area contributed by atoms with Crippen molar-refractivity contribution >= 4 is 28.9 Å². The Balaban J connectivity index is 1.24. The lowest BCUT2D eigenvalue weighted by atomic mass is 9.99. The van der Waals surface area contributed by atoms with E-state index in [0.717, 1.165) is 48.6 Å². The Kier molecular flexibility index (Phi) is 11.3. The first-order valence-corrected chi connectivity index (χ1v) is 15.6. The molecule has 0 aliphatic carbocycles. The largest absolute Gasteiger partial charge is 0.481 e. The highest BCUT2D eigenvalue weighted by Crippen LogP contribution is 2.39. The molecule has 3 atom stereocenters. The Labute approximate surface area is 267 Å². The van der Waals surface area contributed by atoms with Gasteiger partial charge < -0.3 is 29.9 Å². The zero-order chi connectivity index (χ0) is 32.5. The molecule has 3 aromatic carbocycles. The van der Waals surface area contributed by atoms with Crippen LogP contribution in [0.3, 0.4) is 0 Å². The molecule has 0 aromatic heterocycles. The molecule has 12 heteroatoms. The van der Waals surface area contributed by atoms with Gasteiger partial charge in [-0.1, -0.05) is 36.4 Å². The molecule has 2 fully saturated rings. The Hall–Kier alpha value is -4.36. The van der Waals surface area contributed by atoms with Crippen molar-refractivity contribution in [2.24, 2.45) is 0 Å². The van der Waals surface area contributed by atoms with Gasteiger partial charge in [0.25, 0.3) is 5.69 Å². The number of carboxylic acids is 1.